The molecule has 2 rings (SSSR count). The highest BCUT2D eigenvalue weighted by Crippen LogP contribution is 2.38. The number of hydrogen-bond donors (Lipinski definition) is 1. The minimum absolute atomic E-state index is 0.0556. The molecule has 0 radical (unpaired) electrons. The van der Waals surface area contributed by atoms with Crippen molar-refractivity contribution in [2.75, 3.05) is 13.7 Å². The SMILES string of the molecule is COC=C(C(=O)O)c1ccccc1COc1cc(Cl)c(OCC(F)(F)F)c(Cl)c1. The van der Waals surface area contributed by atoms with E-state index in [9.17, 15) is 23.1 Å². The minimum Gasteiger partial charge on any atom is -0.503 e. The Kier molecular flexibility index (Phi) is 7.64. The summed E-state index contributed by atoms with van der Waals surface area (Å²) < 4.78 is 52.0. The number of benzene rings is 2. The fraction of sp³-hybridized carbons (Fsp3) is 0.211. The highest BCUT2D eigenvalue weighted by Gasteiger charge is 2.29. The lowest BCUT2D eigenvalue weighted by Crippen LogP contribution is -2.19. The van der Waals surface area contributed by atoms with Crippen LogP contribution in [-0.4, -0.2) is 31.0 Å². The second kappa shape index (κ2) is 9.76. The number of alkyl halides is 3. The molecule has 2 aromatic carbocycles. The van der Waals surface area contributed by atoms with Crippen molar-refractivity contribution in [3.8, 4) is 11.5 Å². The van der Waals surface area contributed by atoms with E-state index in [1.54, 1.807) is 24.3 Å². The molecule has 0 saturated heterocycles. The average Bonchev–Trinajstić information content (AvgIpc) is 2.63. The summed E-state index contributed by atoms with van der Waals surface area (Å²) in [5, 5.41) is 9.05. The normalized spacial score (nSPS) is 11.9. The molecule has 0 spiro atoms. The Morgan fingerprint density at radius 2 is 1.76 bits per heavy atom. The molecule has 0 atom stereocenters. The Balaban J connectivity index is 2.21. The molecule has 29 heavy (non-hydrogen) atoms. The van der Waals surface area contributed by atoms with E-state index in [1.807, 2.05) is 0 Å². The van der Waals surface area contributed by atoms with Gasteiger partial charge in [0.05, 0.1) is 23.4 Å². The Morgan fingerprint density at radius 1 is 1.14 bits per heavy atom. The number of carboxylic acid groups (broad SMARTS) is 1. The molecule has 10 heteroatoms. The summed E-state index contributed by atoms with van der Waals surface area (Å²) in [4.78, 5) is 11.5. The first-order valence-corrected chi connectivity index (χ1v) is 8.74. The zero-order valence-corrected chi connectivity index (χ0v) is 16.4. The Bertz CT molecular complexity index is 890. The third-order valence-electron chi connectivity index (χ3n) is 3.52. The van der Waals surface area contributed by atoms with Gasteiger partial charge in [-0.2, -0.15) is 13.2 Å². The van der Waals surface area contributed by atoms with Crippen molar-refractivity contribution in [3.05, 3.63) is 63.8 Å². The quantitative estimate of drug-likeness (QED) is 0.419. The molecule has 2 aromatic rings. The Labute approximate surface area is 174 Å². The van der Waals surface area contributed by atoms with Crippen LogP contribution in [0.1, 0.15) is 11.1 Å². The number of rotatable bonds is 8. The molecule has 0 heterocycles. The van der Waals surface area contributed by atoms with Crippen LogP contribution in [0.3, 0.4) is 0 Å². The molecule has 0 amide bonds. The van der Waals surface area contributed by atoms with Gasteiger partial charge in [-0.05, 0) is 11.1 Å². The number of hydrogen-bond acceptors (Lipinski definition) is 4. The zero-order chi connectivity index (χ0) is 21.6. The van der Waals surface area contributed by atoms with Gasteiger partial charge >= 0.3 is 12.1 Å². The van der Waals surface area contributed by atoms with Crippen LogP contribution in [0, 0.1) is 0 Å². The molecule has 0 aromatic heterocycles. The van der Waals surface area contributed by atoms with Gasteiger partial charge in [-0.1, -0.05) is 47.5 Å². The second-order valence-corrected chi connectivity index (χ2v) is 6.45. The van der Waals surface area contributed by atoms with E-state index in [2.05, 4.69) is 4.74 Å². The van der Waals surface area contributed by atoms with Gasteiger partial charge in [0.1, 0.15) is 17.9 Å². The first-order chi connectivity index (χ1) is 13.6. The van der Waals surface area contributed by atoms with Gasteiger partial charge in [-0.3, -0.25) is 0 Å². The van der Waals surface area contributed by atoms with E-state index in [0.717, 1.165) is 6.26 Å². The summed E-state index contributed by atoms with van der Waals surface area (Å²) in [6, 6.07) is 9.11. The maximum atomic E-state index is 12.3. The fourth-order valence-electron chi connectivity index (χ4n) is 2.33. The van der Waals surface area contributed by atoms with Crippen molar-refractivity contribution in [1.29, 1.82) is 0 Å². The van der Waals surface area contributed by atoms with Crippen LogP contribution in [0.5, 0.6) is 11.5 Å². The van der Waals surface area contributed by atoms with E-state index in [-0.39, 0.29) is 33.7 Å². The standard InChI is InChI=1S/C19H15Cl2F3O5/c1-27-9-14(18(25)26)13-5-3-2-4-11(13)8-28-12-6-15(20)17(16(21)7-12)29-10-19(22,23)24/h2-7,9H,8,10H2,1H3,(H,25,26). The Morgan fingerprint density at radius 3 is 2.31 bits per heavy atom. The highest BCUT2D eigenvalue weighted by atomic mass is 35.5. The van der Waals surface area contributed by atoms with Crippen molar-refractivity contribution in [2.24, 2.45) is 0 Å². The summed E-state index contributed by atoms with van der Waals surface area (Å²) in [7, 11) is 1.33. The topological polar surface area (TPSA) is 65.0 Å². The monoisotopic (exact) mass is 450 g/mol. The minimum atomic E-state index is -4.54. The first kappa shape index (κ1) is 22.7. The van der Waals surface area contributed by atoms with Crippen molar-refractivity contribution < 1.29 is 37.3 Å². The molecule has 0 unspecified atom stereocenters. The summed E-state index contributed by atoms with van der Waals surface area (Å²) in [6.45, 7) is -1.59. The van der Waals surface area contributed by atoms with E-state index >= 15 is 0 Å². The van der Waals surface area contributed by atoms with Crippen molar-refractivity contribution >= 4 is 34.7 Å². The van der Waals surface area contributed by atoms with Gasteiger partial charge in [0.25, 0.3) is 0 Å². The third-order valence-corrected chi connectivity index (χ3v) is 4.08. The smallest absolute Gasteiger partial charge is 0.422 e. The zero-order valence-electron chi connectivity index (χ0n) is 14.9. The number of ether oxygens (including phenoxy) is 3. The predicted molar refractivity (Wildman–Crippen MR) is 101 cm³/mol. The van der Waals surface area contributed by atoms with Crippen LogP contribution in [0.2, 0.25) is 10.0 Å². The number of halogens is 5. The molecule has 1 N–H and O–H groups in total. The molecule has 0 saturated carbocycles. The van der Waals surface area contributed by atoms with Crippen LogP contribution >= 0.6 is 23.2 Å². The largest absolute Gasteiger partial charge is 0.503 e. The summed E-state index contributed by atoms with van der Waals surface area (Å²) >= 11 is 11.9. The third kappa shape index (κ3) is 6.47. The van der Waals surface area contributed by atoms with Gasteiger partial charge in [0.15, 0.2) is 12.4 Å². The predicted octanol–water partition coefficient (Wildman–Crippen LogP) is 5.59. The number of methoxy groups -OCH3 is 1. The lowest BCUT2D eigenvalue weighted by atomic mass is 10.0. The molecular formula is C19H15Cl2F3O5. The summed E-state index contributed by atoms with van der Waals surface area (Å²) in [6.07, 6.45) is -3.44. The lowest BCUT2D eigenvalue weighted by Gasteiger charge is -2.15. The van der Waals surface area contributed by atoms with E-state index in [0.29, 0.717) is 11.1 Å². The van der Waals surface area contributed by atoms with Crippen LogP contribution in [0.4, 0.5) is 13.2 Å². The van der Waals surface area contributed by atoms with Crippen molar-refractivity contribution in [2.45, 2.75) is 12.8 Å². The first-order valence-electron chi connectivity index (χ1n) is 7.98. The van der Waals surface area contributed by atoms with Gasteiger partial charge in [-0.25, -0.2) is 4.79 Å². The summed E-state index contributed by atoms with van der Waals surface area (Å²) in [5.41, 5.74) is 0.839. The van der Waals surface area contributed by atoms with Crippen LogP contribution in [-0.2, 0) is 16.1 Å². The molecule has 0 aliphatic heterocycles. The van der Waals surface area contributed by atoms with Crippen molar-refractivity contribution in [3.63, 3.8) is 0 Å². The highest BCUT2D eigenvalue weighted by molar-refractivity contribution is 6.37. The van der Waals surface area contributed by atoms with Gasteiger partial charge in [-0.15, -0.1) is 0 Å². The van der Waals surface area contributed by atoms with Crippen LogP contribution < -0.4 is 9.47 Å². The number of carbonyl (C=O) groups is 1. The second-order valence-electron chi connectivity index (χ2n) is 5.64. The molecular weight excluding hydrogens is 436 g/mol. The van der Waals surface area contributed by atoms with E-state index in [1.165, 1.54) is 19.2 Å². The molecule has 0 bridgehead atoms. The van der Waals surface area contributed by atoms with E-state index in [4.69, 9.17) is 32.7 Å². The lowest BCUT2D eigenvalue weighted by molar-refractivity contribution is -0.153. The van der Waals surface area contributed by atoms with Crippen LogP contribution in [0.15, 0.2) is 42.7 Å². The molecule has 0 fully saturated rings. The van der Waals surface area contributed by atoms with Crippen LogP contribution in [0.25, 0.3) is 5.57 Å². The Hall–Kier alpha value is -2.58. The maximum absolute atomic E-state index is 12.3. The average molecular weight is 451 g/mol. The molecule has 0 aliphatic rings. The maximum Gasteiger partial charge on any atom is 0.422 e. The molecule has 5 nitrogen and oxygen atoms in total. The van der Waals surface area contributed by atoms with Gasteiger partial charge in [0, 0.05) is 12.1 Å². The number of carboxylic acids is 1. The molecule has 156 valence electrons. The van der Waals surface area contributed by atoms with E-state index < -0.39 is 18.8 Å². The van der Waals surface area contributed by atoms with Gasteiger partial charge in [0.2, 0.25) is 0 Å². The summed E-state index contributed by atoms with van der Waals surface area (Å²) in [5.74, 6) is -1.33. The van der Waals surface area contributed by atoms with Crippen molar-refractivity contribution in [1.82, 2.24) is 0 Å². The van der Waals surface area contributed by atoms with Gasteiger partial charge < -0.3 is 19.3 Å². The fourth-order valence-corrected chi connectivity index (χ4v) is 2.90. The molecule has 0 aliphatic carbocycles. The number of aliphatic carboxylic acids is 1.